The number of carbonyl (C=O) groups excluding carboxylic acids is 1. The van der Waals surface area contributed by atoms with Crippen LogP contribution in [0.25, 0.3) is 0 Å². The maximum atomic E-state index is 12.0. The molecule has 2 N–H and O–H groups in total. The lowest BCUT2D eigenvalue weighted by molar-refractivity contribution is 0.102. The first-order valence-electron chi connectivity index (χ1n) is 6.78. The zero-order chi connectivity index (χ0) is 15.2. The van der Waals surface area contributed by atoms with Crippen LogP contribution in [0.2, 0.25) is 0 Å². The number of rotatable bonds is 6. The molecule has 0 saturated heterocycles. The highest BCUT2D eigenvalue weighted by molar-refractivity contribution is 7.15. The summed E-state index contributed by atoms with van der Waals surface area (Å²) in [6.45, 7) is 6.94. The molecule has 21 heavy (non-hydrogen) atoms. The second kappa shape index (κ2) is 7.07. The van der Waals surface area contributed by atoms with Crippen molar-refractivity contribution in [3.63, 3.8) is 0 Å². The van der Waals surface area contributed by atoms with Gasteiger partial charge in [0.15, 0.2) is 0 Å². The molecule has 2 aromatic rings. The Bertz CT molecular complexity index is 595. The van der Waals surface area contributed by atoms with Crippen molar-refractivity contribution in [2.24, 2.45) is 5.92 Å². The van der Waals surface area contributed by atoms with Gasteiger partial charge in [0.05, 0.1) is 12.4 Å². The summed E-state index contributed by atoms with van der Waals surface area (Å²) in [6.07, 6.45) is 3.82. The molecule has 1 amide bonds. The van der Waals surface area contributed by atoms with Crippen molar-refractivity contribution in [3.05, 3.63) is 23.1 Å². The van der Waals surface area contributed by atoms with E-state index >= 15 is 0 Å². The summed E-state index contributed by atoms with van der Waals surface area (Å²) < 4.78 is 0. The van der Waals surface area contributed by atoms with Gasteiger partial charge in [-0.15, -0.1) is 10.2 Å². The normalized spacial score (nSPS) is 10.7. The maximum absolute atomic E-state index is 12.0. The van der Waals surface area contributed by atoms with Gasteiger partial charge in [-0.3, -0.25) is 10.1 Å². The van der Waals surface area contributed by atoms with Gasteiger partial charge in [-0.1, -0.05) is 25.2 Å². The Labute approximate surface area is 127 Å². The van der Waals surface area contributed by atoms with E-state index in [0.717, 1.165) is 18.0 Å². The van der Waals surface area contributed by atoms with Crippen molar-refractivity contribution in [1.29, 1.82) is 0 Å². The Balaban J connectivity index is 1.98. The van der Waals surface area contributed by atoms with Crippen molar-refractivity contribution < 1.29 is 4.79 Å². The molecular formula is C13H18N6OS. The summed E-state index contributed by atoms with van der Waals surface area (Å²) in [5.74, 6) is 0.813. The van der Waals surface area contributed by atoms with Gasteiger partial charge >= 0.3 is 0 Å². The van der Waals surface area contributed by atoms with Crippen LogP contribution in [-0.2, 0) is 6.42 Å². The van der Waals surface area contributed by atoms with E-state index in [-0.39, 0.29) is 11.6 Å². The molecule has 7 nitrogen and oxygen atoms in total. The van der Waals surface area contributed by atoms with Crippen LogP contribution in [0, 0.1) is 5.92 Å². The third-order valence-corrected chi connectivity index (χ3v) is 3.37. The van der Waals surface area contributed by atoms with Crippen molar-refractivity contribution in [1.82, 2.24) is 20.2 Å². The molecule has 2 aromatic heterocycles. The number of nitrogens with one attached hydrogen (secondary N) is 2. The van der Waals surface area contributed by atoms with Crippen molar-refractivity contribution >= 4 is 28.2 Å². The van der Waals surface area contributed by atoms with Crippen molar-refractivity contribution in [2.75, 3.05) is 17.2 Å². The molecule has 0 spiro atoms. The Morgan fingerprint density at radius 1 is 1.29 bits per heavy atom. The first-order valence-corrected chi connectivity index (χ1v) is 7.59. The molecule has 0 aliphatic rings. The van der Waals surface area contributed by atoms with Crippen LogP contribution in [0.4, 0.5) is 10.9 Å². The molecular weight excluding hydrogens is 288 g/mol. The van der Waals surface area contributed by atoms with E-state index in [1.54, 1.807) is 0 Å². The smallest absolute Gasteiger partial charge is 0.277 e. The molecule has 0 fully saturated rings. The highest BCUT2D eigenvalue weighted by atomic mass is 32.1. The van der Waals surface area contributed by atoms with E-state index < -0.39 is 0 Å². The molecule has 2 rings (SSSR count). The van der Waals surface area contributed by atoms with Crippen LogP contribution in [-0.4, -0.2) is 32.6 Å². The molecule has 0 bridgehead atoms. The molecule has 0 atom stereocenters. The fraction of sp³-hybridized carbons (Fsp3) is 0.462. The van der Waals surface area contributed by atoms with E-state index in [0.29, 0.717) is 16.9 Å². The number of aromatic nitrogens is 4. The summed E-state index contributed by atoms with van der Waals surface area (Å²) >= 11 is 1.38. The average molecular weight is 306 g/mol. The van der Waals surface area contributed by atoms with E-state index in [1.165, 1.54) is 23.7 Å². The van der Waals surface area contributed by atoms with E-state index in [9.17, 15) is 4.79 Å². The number of hydrogen-bond donors (Lipinski definition) is 2. The lowest BCUT2D eigenvalue weighted by Gasteiger charge is -2.03. The number of hydrogen-bond acceptors (Lipinski definition) is 7. The molecule has 8 heteroatoms. The van der Waals surface area contributed by atoms with Crippen LogP contribution in [0.15, 0.2) is 12.4 Å². The van der Waals surface area contributed by atoms with Crippen molar-refractivity contribution in [2.45, 2.75) is 27.2 Å². The van der Waals surface area contributed by atoms with Gasteiger partial charge in [0.25, 0.3) is 5.91 Å². The standard InChI is InChI=1S/C13H18N6OS/c1-4-14-10-7-15-9(6-16-10)12(20)17-13-19-18-11(21-13)5-8(2)3/h6-8H,4-5H2,1-3H3,(H,14,16)(H,17,19,20). The van der Waals surface area contributed by atoms with Crippen molar-refractivity contribution in [3.8, 4) is 0 Å². The number of carbonyl (C=O) groups is 1. The molecule has 2 heterocycles. The minimum atomic E-state index is -0.335. The summed E-state index contributed by atoms with van der Waals surface area (Å²) in [5, 5.41) is 15.1. The molecule has 0 aromatic carbocycles. The van der Waals surface area contributed by atoms with Gasteiger partial charge in [0, 0.05) is 13.0 Å². The van der Waals surface area contributed by atoms with Gasteiger partial charge < -0.3 is 5.32 Å². The lowest BCUT2D eigenvalue weighted by Crippen LogP contribution is -2.14. The minimum absolute atomic E-state index is 0.247. The fourth-order valence-electron chi connectivity index (χ4n) is 1.61. The molecule has 0 saturated carbocycles. The van der Waals surface area contributed by atoms with Crippen LogP contribution in [0.1, 0.15) is 36.3 Å². The molecule has 0 aliphatic carbocycles. The second-order valence-electron chi connectivity index (χ2n) is 4.87. The highest BCUT2D eigenvalue weighted by Gasteiger charge is 2.12. The summed E-state index contributed by atoms with van der Waals surface area (Å²) in [7, 11) is 0. The number of nitrogens with zero attached hydrogens (tertiary/aromatic N) is 4. The Morgan fingerprint density at radius 3 is 2.71 bits per heavy atom. The predicted molar refractivity (Wildman–Crippen MR) is 82.6 cm³/mol. The molecule has 0 unspecified atom stereocenters. The second-order valence-corrected chi connectivity index (χ2v) is 5.93. The third-order valence-electron chi connectivity index (χ3n) is 2.51. The van der Waals surface area contributed by atoms with Gasteiger partial charge in [-0.05, 0) is 12.8 Å². The Kier molecular flexibility index (Phi) is 5.15. The Morgan fingerprint density at radius 2 is 2.10 bits per heavy atom. The molecule has 0 radical (unpaired) electrons. The average Bonchev–Trinajstić information content (AvgIpc) is 2.86. The van der Waals surface area contributed by atoms with Gasteiger partial charge in [0.2, 0.25) is 5.13 Å². The summed E-state index contributed by atoms with van der Waals surface area (Å²) in [5.41, 5.74) is 0.247. The van der Waals surface area contributed by atoms with E-state index in [4.69, 9.17) is 0 Å². The van der Waals surface area contributed by atoms with E-state index in [2.05, 4.69) is 44.6 Å². The van der Waals surface area contributed by atoms with Gasteiger partial charge in [0.1, 0.15) is 16.5 Å². The van der Waals surface area contributed by atoms with E-state index in [1.807, 2.05) is 6.92 Å². The Hall–Kier alpha value is -2.09. The van der Waals surface area contributed by atoms with Crippen LogP contribution in [0.5, 0.6) is 0 Å². The van der Waals surface area contributed by atoms with Crippen LogP contribution < -0.4 is 10.6 Å². The topological polar surface area (TPSA) is 92.7 Å². The minimum Gasteiger partial charge on any atom is -0.369 e. The number of anilines is 2. The first kappa shape index (κ1) is 15.3. The van der Waals surface area contributed by atoms with Crippen LogP contribution in [0.3, 0.4) is 0 Å². The first-order chi connectivity index (χ1) is 10.1. The molecule has 0 aliphatic heterocycles. The lowest BCUT2D eigenvalue weighted by atomic mass is 10.1. The predicted octanol–water partition coefficient (Wildman–Crippen LogP) is 2.21. The fourth-order valence-corrected chi connectivity index (χ4v) is 2.56. The summed E-state index contributed by atoms with van der Waals surface area (Å²) in [6, 6.07) is 0. The SMILES string of the molecule is CCNc1cnc(C(=O)Nc2nnc(CC(C)C)s2)cn1. The summed E-state index contributed by atoms with van der Waals surface area (Å²) in [4.78, 5) is 20.2. The maximum Gasteiger partial charge on any atom is 0.277 e. The largest absolute Gasteiger partial charge is 0.369 e. The van der Waals surface area contributed by atoms with Crippen LogP contribution >= 0.6 is 11.3 Å². The zero-order valence-electron chi connectivity index (χ0n) is 12.3. The quantitative estimate of drug-likeness (QED) is 0.850. The number of amides is 1. The zero-order valence-corrected chi connectivity index (χ0v) is 13.1. The highest BCUT2D eigenvalue weighted by Crippen LogP contribution is 2.18. The third kappa shape index (κ3) is 4.45. The van der Waals surface area contributed by atoms with Gasteiger partial charge in [-0.2, -0.15) is 0 Å². The monoisotopic (exact) mass is 306 g/mol. The van der Waals surface area contributed by atoms with Gasteiger partial charge in [-0.25, -0.2) is 9.97 Å². The molecule has 112 valence electrons.